The molecule has 1 saturated heterocycles. The number of sulfonamides is 1. The number of aryl methyl sites for hydroxylation is 1. The molecule has 0 aromatic heterocycles. The summed E-state index contributed by atoms with van der Waals surface area (Å²) < 4.78 is 25.6. The largest absolute Gasteiger partial charge is 0.336 e. The topological polar surface area (TPSA) is 60.9 Å². The Morgan fingerprint density at radius 3 is 2.27 bits per heavy atom. The minimum atomic E-state index is -3.53. The quantitative estimate of drug-likeness (QED) is 0.818. The highest BCUT2D eigenvalue weighted by Gasteiger charge is 2.24. The number of amides is 1. The molecule has 1 aromatic carbocycles. The second-order valence-electron chi connectivity index (χ2n) is 5.86. The first-order chi connectivity index (χ1) is 10.2. The van der Waals surface area contributed by atoms with E-state index in [4.69, 9.17) is 0 Å². The smallest absolute Gasteiger partial charge is 0.254 e. The summed E-state index contributed by atoms with van der Waals surface area (Å²) in [4.78, 5) is 16.8. The third kappa shape index (κ3) is 3.31. The van der Waals surface area contributed by atoms with Gasteiger partial charge in [-0.15, -0.1) is 0 Å². The number of carbonyl (C=O) groups excluding carboxylic acids is 1. The lowest BCUT2D eigenvalue weighted by Crippen LogP contribution is -2.47. The van der Waals surface area contributed by atoms with Gasteiger partial charge in [0.15, 0.2) is 0 Å². The van der Waals surface area contributed by atoms with Crippen molar-refractivity contribution in [1.82, 2.24) is 14.1 Å². The molecule has 7 heteroatoms. The SMILES string of the molecule is Cc1ccc(S(=O)(=O)N(C)C)cc1C(=O)N1CCN(C)CC1. The van der Waals surface area contributed by atoms with Gasteiger partial charge in [0.2, 0.25) is 10.0 Å². The number of piperazine rings is 1. The van der Waals surface area contributed by atoms with Crippen molar-refractivity contribution in [1.29, 1.82) is 0 Å². The minimum absolute atomic E-state index is 0.0959. The Balaban J connectivity index is 2.33. The van der Waals surface area contributed by atoms with Gasteiger partial charge in [0.25, 0.3) is 5.91 Å². The lowest BCUT2D eigenvalue weighted by molar-refractivity contribution is 0.0663. The minimum Gasteiger partial charge on any atom is -0.336 e. The molecule has 0 bridgehead atoms. The Morgan fingerprint density at radius 1 is 1.14 bits per heavy atom. The molecule has 22 heavy (non-hydrogen) atoms. The van der Waals surface area contributed by atoms with E-state index in [1.807, 2.05) is 14.0 Å². The maximum Gasteiger partial charge on any atom is 0.254 e. The van der Waals surface area contributed by atoms with Gasteiger partial charge in [0, 0.05) is 45.8 Å². The monoisotopic (exact) mass is 325 g/mol. The van der Waals surface area contributed by atoms with Gasteiger partial charge in [-0.25, -0.2) is 12.7 Å². The van der Waals surface area contributed by atoms with Crippen molar-refractivity contribution in [3.63, 3.8) is 0 Å². The van der Waals surface area contributed by atoms with Crippen LogP contribution in [0.2, 0.25) is 0 Å². The Kier molecular flexibility index (Phi) is 4.89. The average Bonchev–Trinajstić information content (AvgIpc) is 2.47. The van der Waals surface area contributed by atoms with Crippen molar-refractivity contribution in [2.45, 2.75) is 11.8 Å². The number of carbonyl (C=O) groups is 1. The molecule has 1 aliphatic heterocycles. The fourth-order valence-electron chi connectivity index (χ4n) is 2.38. The number of hydrogen-bond acceptors (Lipinski definition) is 4. The second-order valence-corrected chi connectivity index (χ2v) is 8.01. The van der Waals surface area contributed by atoms with Crippen LogP contribution in [0.3, 0.4) is 0 Å². The van der Waals surface area contributed by atoms with Crippen molar-refractivity contribution in [2.75, 3.05) is 47.3 Å². The van der Waals surface area contributed by atoms with Crippen LogP contribution in [-0.4, -0.2) is 75.8 Å². The fraction of sp³-hybridized carbons (Fsp3) is 0.533. The molecule has 0 saturated carbocycles. The molecular weight excluding hydrogens is 302 g/mol. The molecule has 0 N–H and O–H groups in total. The zero-order chi connectivity index (χ0) is 16.5. The van der Waals surface area contributed by atoms with E-state index in [0.717, 1.165) is 23.0 Å². The fourth-order valence-corrected chi connectivity index (χ4v) is 3.31. The van der Waals surface area contributed by atoms with Gasteiger partial charge in [-0.3, -0.25) is 4.79 Å². The lowest BCUT2D eigenvalue weighted by Gasteiger charge is -2.32. The van der Waals surface area contributed by atoms with E-state index < -0.39 is 10.0 Å². The first-order valence-electron chi connectivity index (χ1n) is 7.24. The van der Waals surface area contributed by atoms with Crippen molar-refractivity contribution in [2.24, 2.45) is 0 Å². The highest BCUT2D eigenvalue weighted by Crippen LogP contribution is 2.20. The summed E-state index contributed by atoms with van der Waals surface area (Å²) in [5.74, 6) is -0.0959. The van der Waals surface area contributed by atoms with E-state index in [2.05, 4.69) is 4.90 Å². The zero-order valence-corrected chi connectivity index (χ0v) is 14.4. The molecule has 6 nitrogen and oxygen atoms in total. The van der Waals surface area contributed by atoms with E-state index in [0.29, 0.717) is 18.7 Å². The van der Waals surface area contributed by atoms with Crippen molar-refractivity contribution in [3.05, 3.63) is 29.3 Å². The lowest BCUT2D eigenvalue weighted by atomic mass is 10.1. The molecule has 2 rings (SSSR count). The molecule has 122 valence electrons. The van der Waals surface area contributed by atoms with Gasteiger partial charge < -0.3 is 9.80 Å². The van der Waals surface area contributed by atoms with Crippen LogP contribution in [-0.2, 0) is 10.0 Å². The molecule has 0 unspecified atom stereocenters. The van der Waals surface area contributed by atoms with Crippen LogP contribution in [0.1, 0.15) is 15.9 Å². The van der Waals surface area contributed by atoms with Crippen molar-refractivity contribution >= 4 is 15.9 Å². The molecular formula is C15H23N3O3S. The Hall–Kier alpha value is -1.44. The summed E-state index contributed by atoms with van der Waals surface area (Å²) in [6.45, 7) is 4.83. The van der Waals surface area contributed by atoms with Gasteiger partial charge in [-0.2, -0.15) is 0 Å². The highest BCUT2D eigenvalue weighted by molar-refractivity contribution is 7.89. The van der Waals surface area contributed by atoms with Gasteiger partial charge >= 0.3 is 0 Å². The van der Waals surface area contributed by atoms with Gasteiger partial charge in [0.05, 0.1) is 4.90 Å². The van der Waals surface area contributed by atoms with Crippen molar-refractivity contribution < 1.29 is 13.2 Å². The zero-order valence-electron chi connectivity index (χ0n) is 13.5. The molecule has 1 aliphatic rings. The molecule has 0 spiro atoms. The summed E-state index contributed by atoms with van der Waals surface area (Å²) in [5, 5.41) is 0. The molecule has 1 amide bonds. The van der Waals surface area contributed by atoms with Crippen LogP contribution >= 0.6 is 0 Å². The van der Waals surface area contributed by atoms with E-state index >= 15 is 0 Å². The summed E-state index contributed by atoms with van der Waals surface area (Å²) >= 11 is 0. The summed E-state index contributed by atoms with van der Waals surface area (Å²) in [6, 6.07) is 4.73. The number of likely N-dealkylation sites (N-methyl/N-ethyl adjacent to an activating group) is 1. The van der Waals surface area contributed by atoms with Gasteiger partial charge in [0.1, 0.15) is 0 Å². The molecule has 1 heterocycles. The van der Waals surface area contributed by atoms with Crippen LogP contribution in [0.5, 0.6) is 0 Å². The van der Waals surface area contributed by atoms with E-state index in [9.17, 15) is 13.2 Å². The number of rotatable bonds is 3. The number of hydrogen-bond donors (Lipinski definition) is 0. The van der Waals surface area contributed by atoms with Gasteiger partial charge in [-0.1, -0.05) is 6.07 Å². The summed E-state index contributed by atoms with van der Waals surface area (Å²) in [5.41, 5.74) is 1.26. The Morgan fingerprint density at radius 2 is 1.73 bits per heavy atom. The van der Waals surface area contributed by atoms with Crippen LogP contribution in [0, 0.1) is 6.92 Å². The molecule has 0 atom stereocenters. The second kappa shape index (κ2) is 6.36. The highest BCUT2D eigenvalue weighted by atomic mass is 32.2. The third-order valence-electron chi connectivity index (χ3n) is 4.01. The van der Waals surface area contributed by atoms with Crippen LogP contribution in [0.25, 0.3) is 0 Å². The first kappa shape index (κ1) is 16.9. The molecule has 0 radical (unpaired) electrons. The van der Waals surface area contributed by atoms with Crippen LogP contribution in [0.15, 0.2) is 23.1 Å². The van der Waals surface area contributed by atoms with Crippen LogP contribution in [0.4, 0.5) is 0 Å². The predicted molar refractivity (Wildman–Crippen MR) is 85.5 cm³/mol. The van der Waals surface area contributed by atoms with Gasteiger partial charge in [-0.05, 0) is 31.7 Å². The van der Waals surface area contributed by atoms with E-state index in [1.165, 1.54) is 20.2 Å². The van der Waals surface area contributed by atoms with E-state index in [1.54, 1.807) is 17.0 Å². The van der Waals surface area contributed by atoms with Crippen molar-refractivity contribution in [3.8, 4) is 0 Å². The average molecular weight is 325 g/mol. The molecule has 1 aromatic rings. The number of nitrogens with zero attached hydrogens (tertiary/aromatic N) is 3. The summed E-state index contributed by atoms with van der Waals surface area (Å²) in [7, 11) is 1.46. The van der Waals surface area contributed by atoms with Crippen LogP contribution < -0.4 is 0 Å². The standard InChI is InChI=1S/C15H23N3O3S/c1-12-5-6-13(22(20,21)16(2)3)11-14(12)15(19)18-9-7-17(4)8-10-18/h5-6,11H,7-10H2,1-4H3. The normalized spacial score (nSPS) is 17.0. The summed E-state index contributed by atoms with van der Waals surface area (Å²) in [6.07, 6.45) is 0. The third-order valence-corrected chi connectivity index (χ3v) is 5.82. The Labute approximate surface area is 132 Å². The maximum atomic E-state index is 12.7. The number of benzene rings is 1. The van der Waals surface area contributed by atoms with E-state index in [-0.39, 0.29) is 10.8 Å². The molecule has 1 fully saturated rings. The Bertz CT molecular complexity index is 663. The predicted octanol–water partition coefficient (Wildman–Crippen LogP) is 0.633. The molecule has 0 aliphatic carbocycles. The first-order valence-corrected chi connectivity index (χ1v) is 8.68. The maximum absolute atomic E-state index is 12.7.